The van der Waals surface area contributed by atoms with Crippen molar-refractivity contribution in [2.45, 2.75) is 6.54 Å². The molecule has 3 rings (SSSR count). The highest BCUT2D eigenvalue weighted by Crippen LogP contribution is 2.22. The maximum atomic E-state index is 5.77. The van der Waals surface area contributed by atoms with Crippen LogP contribution in [0.3, 0.4) is 0 Å². The smallest absolute Gasteiger partial charge is 0.0594 e. The summed E-state index contributed by atoms with van der Waals surface area (Å²) in [7, 11) is 0. The summed E-state index contributed by atoms with van der Waals surface area (Å²) in [6.45, 7) is 4.70. The predicted octanol–water partition coefficient (Wildman–Crippen LogP) is 1.58. The molecule has 4 nitrogen and oxygen atoms in total. The van der Waals surface area contributed by atoms with Crippen molar-refractivity contribution in [3.63, 3.8) is 0 Å². The second-order valence-corrected chi connectivity index (χ2v) is 4.51. The average Bonchev–Trinajstić information content (AvgIpc) is 2.73. The predicted molar refractivity (Wildman–Crippen MR) is 68.8 cm³/mol. The van der Waals surface area contributed by atoms with Crippen molar-refractivity contribution in [2.24, 2.45) is 0 Å². The van der Waals surface area contributed by atoms with Crippen LogP contribution in [-0.4, -0.2) is 36.2 Å². The Morgan fingerprint density at radius 3 is 2.94 bits per heavy atom. The molecule has 0 saturated carbocycles. The number of anilines is 1. The highest BCUT2D eigenvalue weighted by atomic mass is 16.5. The zero-order chi connectivity index (χ0) is 11.7. The lowest BCUT2D eigenvalue weighted by atomic mass is 10.1. The first kappa shape index (κ1) is 10.6. The lowest BCUT2D eigenvalue weighted by Gasteiger charge is -2.26. The van der Waals surface area contributed by atoms with Crippen molar-refractivity contribution in [3.05, 3.63) is 30.0 Å². The molecule has 2 aromatic rings. The van der Waals surface area contributed by atoms with E-state index in [1.807, 2.05) is 12.1 Å². The number of hydrogen-bond donors (Lipinski definition) is 2. The molecule has 0 atom stereocenters. The van der Waals surface area contributed by atoms with Crippen molar-refractivity contribution >= 4 is 16.6 Å². The third kappa shape index (κ3) is 2.14. The summed E-state index contributed by atoms with van der Waals surface area (Å²) in [6.07, 6.45) is 2.08. The summed E-state index contributed by atoms with van der Waals surface area (Å²) >= 11 is 0. The number of fused-ring (bicyclic) bond motifs is 1. The molecule has 0 bridgehead atoms. The van der Waals surface area contributed by atoms with Crippen molar-refractivity contribution < 1.29 is 4.74 Å². The Bertz CT molecular complexity index is 514. The van der Waals surface area contributed by atoms with Crippen LogP contribution in [0.4, 0.5) is 5.69 Å². The van der Waals surface area contributed by atoms with Crippen molar-refractivity contribution in [1.29, 1.82) is 0 Å². The van der Waals surface area contributed by atoms with Crippen LogP contribution in [0.2, 0.25) is 0 Å². The summed E-state index contributed by atoms with van der Waals surface area (Å²) in [4.78, 5) is 5.70. The van der Waals surface area contributed by atoms with E-state index >= 15 is 0 Å². The summed E-state index contributed by atoms with van der Waals surface area (Å²) < 4.78 is 5.36. The van der Waals surface area contributed by atoms with E-state index in [0.717, 1.165) is 44.1 Å². The second-order valence-electron chi connectivity index (χ2n) is 4.51. The highest BCUT2D eigenvalue weighted by molar-refractivity contribution is 5.85. The van der Waals surface area contributed by atoms with Crippen molar-refractivity contribution in [3.8, 4) is 0 Å². The maximum absolute atomic E-state index is 5.77. The van der Waals surface area contributed by atoms with Gasteiger partial charge in [-0.2, -0.15) is 0 Å². The van der Waals surface area contributed by atoms with Crippen LogP contribution in [0, 0.1) is 0 Å². The Kier molecular flexibility index (Phi) is 2.74. The molecule has 0 amide bonds. The van der Waals surface area contributed by atoms with Gasteiger partial charge in [-0.05, 0) is 17.7 Å². The second kappa shape index (κ2) is 4.39. The molecule has 1 aromatic carbocycles. The van der Waals surface area contributed by atoms with Crippen molar-refractivity contribution in [1.82, 2.24) is 9.88 Å². The molecular weight excluding hydrogens is 214 g/mol. The molecule has 1 aliphatic rings. The fourth-order valence-corrected chi connectivity index (χ4v) is 2.33. The molecule has 0 unspecified atom stereocenters. The number of H-pyrrole nitrogens is 1. The number of benzene rings is 1. The first-order chi connectivity index (χ1) is 8.33. The van der Waals surface area contributed by atoms with Crippen LogP contribution < -0.4 is 5.73 Å². The molecule has 90 valence electrons. The SMILES string of the molecule is Nc1ccc2c(CN3CCOCC3)c[nH]c2c1. The average molecular weight is 231 g/mol. The highest BCUT2D eigenvalue weighted by Gasteiger charge is 2.12. The van der Waals surface area contributed by atoms with Gasteiger partial charge in [0.1, 0.15) is 0 Å². The lowest BCUT2D eigenvalue weighted by Crippen LogP contribution is -2.35. The fraction of sp³-hybridized carbons (Fsp3) is 0.385. The van der Waals surface area contributed by atoms with Gasteiger partial charge < -0.3 is 15.5 Å². The number of morpholine rings is 1. The lowest BCUT2D eigenvalue weighted by molar-refractivity contribution is 0.0343. The third-order valence-corrected chi connectivity index (χ3v) is 3.29. The molecule has 2 heterocycles. The molecule has 1 saturated heterocycles. The molecular formula is C13H17N3O. The van der Waals surface area contributed by atoms with Crippen LogP contribution in [-0.2, 0) is 11.3 Å². The number of aromatic amines is 1. The number of hydrogen-bond acceptors (Lipinski definition) is 3. The Labute approximate surface area is 100 Å². The van der Waals surface area contributed by atoms with E-state index < -0.39 is 0 Å². The topological polar surface area (TPSA) is 54.3 Å². The monoisotopic (exact) mass is 231 g/mol. The van der Waals surface area contributed by atoms with Gasteiger partial charge >= 0.3 is 0 Å². The summed E-state index contributed by atoms with van der Waals surface area (Å²) in [5.41, 5.74) is 9.03. The normalized spacial score (nSPS) is 17.6. The minimum absolute atomic E-state index is 0.803. The minimum atomic E-state index is 0.803. The largest absolute Gasteiger partial charge is 0.399 e. The number of nitrogens with two attached hydrogens (primary N) is 1. The van der Waals surface area contributed by atoms with Crippen molar-refractivity contribution in [2.75, 3.05) is 32.0 Å². The van der Waals surface area contributed by atoms with Gasteiger partial charge in [0.2, 0.25) is 0 Å². The van der Waals surface area contributed by atoms with E-state index in [-0.39, 0.29) is 0 Å². The van der Waals surface area contributed by atoms with Crippen LogP contribution >= 0.6 is 0 Å². The fourth-order valence-electron chi connectivity index (χ4n) is 2.33. The van der Waals surface area contributed by atoms with Crippen LogP contribution in [0.25, 0.3) is 10.9 Å². The maximum Gasteiger partial charge on any atom is 0.0594 e. The van der Waals surface area contributed by atoms with Gasteiger partial charge in [0.25, 0.3) is 0 Å². The molecule has 3 N–H and O–H groups in total. The number of rotatable bonds is 2. The standard InChI is InChI=1S/C13H17N3O/c14-11-1-2-12-10(8-15-13(12)7-11)9-16-3-5-17-6-4-16/h1-2,7-8,15H,3-6,9,14H2. The molecule has 0 spiro atoms. The van der Waals surface area contributed by atoms with E-state index in [4.69, 9.17) is 10.5 Å². The molecule has 1 aliphatic heterocycles. The molecule has 1 fully saturated rings. The van der Waals surface area contributed by atoms with Gasteiger partial charge in [-0.15, -0.1) is 0 Å². The Hall–Kier alpha value is -1.52. The van der Waals surface area contributed by atoms with E-state index in [1.165, 1.54) is 10.9 Å². The van der Waals surface area contributed by atoms with E-state index in [0.29, 0.717) is 0 Å². The minimum Gasteiger partial charge on any atom is -0.399 e. The van der Waals surface area contributed by atoms with E-state index in [2.05, 4.69) is 22.1 Å². The number of nitrogen functional groups attached to an aromatic ring is 1. The molecule has 4 heteroatoms. The number of ether oxygens (including phenoxy) is 1. The summed E-state index contributed by atoms with van der Waals surface area (Å²) in [5, 5.41) is 1.27. The Balaban J connectivity index is 1.84. The summed E-state index contributed by atoms with van der Waals surface area (Å²) in [6, 6.07) is 6.04. The molecule has 1 aromatic heterocycles. The molecule has 17 heavy (non-hydrogen) atoms. The van der Waals surface area contributed by atoms with Gasteiger partial charge in [-0.25, -0.2) is 0 Å². The van der Waals surface area contributed by atoms with Gasteiger partial charge in [-0.1, -0.05) is 6.07 Å². The third-order valence-electron chi connectivity index (χ3n) is 3.29. The Morgan fingerprint density at radius 1 is 1.29 bits per heavy atom. The summed E-state index contributed by atoms with van der Waals surface area (Å²) in [5.74, 6) is 0. The Morgan fingerprint density at radius 2 is 2.12 bits per heavy atom. The van der Waals surface area contributed by atoms with Gasteiger partial charge in [0, 0.05) is 42.4 Å². The van der Waals surface area contributed by atoms with Crippen LogP contribution in [0.5, 0.6) is 0 Å². The van der Waals surface area contributed by atoms with Crippen LogP contribution in [0.15, 0.2) is 24.4 Å². The number of nitrogens with one attached hydrogen (secondary N) is 1. The number of aromatic nitrogens is 1. The first-order valence-electron chi connectivity index (χ1n) is 5.98. The molecule has 0 radical (unpaired) electrons. The molecule has 0 aliphatic carbocycles. The zero-order valence-corrected chi connectivity index (χ0v) is 9.78. The van der Waals surface area contributed by atoms with Gasteiger partial charge in [-0.3, -0.25) is 4.90 Å². The van der Waals surface area contributed by atoms with E-state index in [9.17, 15) is 0 Å². The zero-order valence-electron chi connectivity index (χ0n) is 9.78. The van der Waals surface area contributed by atoms with Gasteiger partial charge in [0.05, 0.1) is 13.2 Å². The quantitative estimate of drug-likeness (QED) is 0.772. The van der Waals surface area contributed by atoms with Crippen LogP contribution in [0.1, 0.15) is 5.56 Å². The first-order valence-corrected chi connectivity index (χ1v) is 5.98. The van der Waals surface area contributed by atoms with Gasteiger partial charge in [0.15, 0.2) is 0 Å². The number of nitrogens with zero attached hydrogens (tertiary/aromatic N) is 1. The van der Waals surface area contributed by atoms with E-state index in [1.54, 1.807) is 0 Å².